The topological polar surface area (TPSA) is 80.8 Å². The van der Waals surface area contributed by atoms with E-state index in [1.807, 2.05) is 0 Å². The van der Waals surface area contributed by atoms with E-state index < -0.39 is 29.8 Å². The largest absolute Gasteiger partial charge is 0.573 e. The summed E-state index contributed by atoms with van der Waals surface area (Å²) in [4.78, 5) is 30.2. The van der Waals surface area contributed by atoms with Gasteiger partial charge in [-0.2, -0.15) is 0 Å². The minimum atomic E-state index is -4.83. The second kappa shape index (κ2) is 7.75. The summed E-state index contributed by atoms with van der Waals surface area (Å²) >= 11 is 0. The first-order valence-corrected chi connectivity index (χ1v) is 8.25. The number of nitrogens with one attached hydrogen (secondary N) is 1. The monoisotopic (exact) mass is 395 g/mol. The van der Waals surface area contributed by atoms with Gasteiger partial charge in [-0.3, -0.25) is 9.59 Å². The van der Waals surface area contributed by atoms with E-state index in [2.05, 4.69) is 15.0 Å². The number of pyridine rings is 1. The number of alkyl halides is 3. The van der Waals surface area contributed by atoms with Gasteiger partial charge in [-0.1, -0.05) is 6.07 Å². The molecule has 2 amide bonds. The molecule has 1 atom stereocenters. The van der Waals surface area contributed by atoms with Crippen LogP contribution in [0.3, 0.4) is 0 Å². The molecule has 2 heterocycles. The molecule has 1 fully saturated rings. The van der Waals surface area contributed by atoms with E-state index in [4.69, 9.17) is 4.74 Å². The Kier molecular flexibility index (Phi) is 5.39. The molecule has 0 unspecified atom stereocenters. The molecule has 1 N–H and O–H groups in total. The van der Waals surface area contributed by atoms with Crippen LogP contribution in [-0.2, 0) is 9.59 Å². The summed E-state index contributed by atoms with van der Waals surface area (Å²) in [6.07, 6.45) is -3.20. The highest BCUT2D eigenvalue weighted by Crippen LogP contribution is 2.31. The van der Waals surface area contributed by atoms with Crippen LogP contribution in [0.2, 0.25) is 0 Å². The lowest BCUT2D eigenvalue weighted by Gasteiger charge is -2.18. The summed E-state index contributed by atoms with van der Waals surface area (Å²) in [7, 11) is 1.46. The summed E-state index contributed by atoms with van der Waals surface area (Å²) < 4.78 is 45.9. The average molecular weight is 395 g/mol. The Balaban J connectivity index is 1.68. The minimum Gasteiger partial charge on any atom is -0.481 e. The summed E-state index contributed by atoms with van der Waals surface area (Å²) in [6, 6.07) is 8.22. The Bertz CT molecular complexity index is 871. The molecule has 1 aliphatic rings. The molecule has 2 aromatic rings. The maximum absolute atomic E-state index is 12.6. The van der Waals surface area contributed by atoms with E-state index >= 15 is 0 Å². The lowest BCUT2D eigenvalue weighted by molar-refractivity contribution is -0.274. The number of carbonyl (C=O) groups excluding carboxylic acids is 2. The first-order chi connectivity index (χ1) is 13.3. The van der Waals surface area contributed by atoms with Crippen molar-refractivity contribution in [1.29, 1.82) is 0 Å². The highest BCUT2D eigenvalue weighted by atomic mass is 19.4. The third-order valence-electron chi connectivity index (χ3n) is 4.10. The van der Waals surface area contributed by atoms with Gasteiger partial charge in [0.2, 0.25) is 17.7 Å². The molecule has 1 aromatic carbocycles. The molecule has 1 aromatic heterocycles. The Morgan fingerprint density at radius 3 is 2.71 bits per heavy atom. The molecule has 0 bridgehead atoms. The number of carbonyl (C=O) groups is 2. The Morgan fingerprint density at radius 2 is 2.07 bits per heavy atom. The second-order valence-corrected chi connectivity index (χ2v) is 5.95. The van der Waals surface area contributed by atoms with Gasteiger partial charge in [-0.05, 0) is 24.6 Å². The van der Waals surface area contributed by atoms with E-state index in [1.54, 1.807) is 12.1 Å². The highest BCUT2D eigenvalue weighted by molar-refractivity contribution is 6.13. The molecule has 148 valence electrons. The number of hydrogen-bond donors (Lipinski definition) is 1. The fraction of sp³-hybridized carbons (Fsp3) is 0.278. The number of hydrogen-bond acceptors (Lipinski definition) is 5. The molecule has 1 aliphatic heterocycles. The summed E-state index contributed by atoms with van der Waals surface area (Å²) in [6.45, 7) is 0.202. The maximum Gasteiger partial charge on any atom is 0.573 e. The third kappa shape index (κ3) is 4.51. The van der Waals surface area contributed by atoms with Crippen LogP contribution in [0.1, 0.15) is 6.42 Å². The van der Waals surface area contributed by atoms with Crippen molar-refractivity contribution < 1.29 is 32.2 Å². The van der Waals surface area contributed by atoms with Crippen LogP contribution in [0.5, 0.6) is 11.6 Å². The fourth-order valence-corrected chi connectivity index (χ4v) is 2.83. The normalized spacial score (nSPS) is 16.8. The molecule has 3 rings (SSSR count). The number of benzene rings is 1. The second-order valence-electron chi connectivity index (χ2n) is 5.95. The predicted molar refractivity (Wildman–Crippen MR) is 93.0 cm³/mol. The van der Waals surface area contributed by atoms with Gasteiger partial charge in [-0.25, -0.2) is 4.98 Å². The maximum atomic E-state index is 12.6. The number of halogens is 3. The van der Waals surface area contributed by atoms with E-state index in [9.17, 15) is 22.8 Å². The third-order valence-corrected chi connectivity index (χ3v) is 4.10. The van der Waals surface area contributed by atoms with Crippen LogP contribution in [0.25, 0.3) is 0 Å². The van der Waals surface area contributed by atoms with E-state index in [1.165, 1.54) is 30.3 Å². The van der Waals surface area contributed by atoms with Crippen LogP contribution < -0.4 is 19.7 Å². The number of nitrogens with zero attached hydrogens (tertiary/aromatic N) is 2. The van der Waals surface area contributed by atoms with E-state index in [0.29, 0.717) is 11.6 Å². The van der Waals surface area contributed by atoms with Crippen molar-refractivity contribution in [2.75, 3.05) is 23.9 Å². The van der Waals surface area contributed by atoms with Crippen LogP contribution in [0.4, 0.5) is 24.5 Å². The van der Waals surface area contributed by atoms with Crippen molar-refractivity contribution in [2.45, 2.75) is 12.8 Å². The first-order valence-electron chi connectivity index (χ1n) is 8.25. The van der Waals surface area contributed by atoms with Gasteiger partial charge in [0.25, 0.3) is 0 Å². The molecule has 0 aliphatic carbocycles. The van der Waals surface area contributed by atoms with Crippen LogP contribution >= 0.6 is 0 Å². The lowest BCUT2D eigenvalue weighted by Crippen LogP contribution is -2.33. The Hall–Kier alpha value is -3.30. The van der Waals surface area contributed by atoms with Gasteiger partial charge in [-0.15, -0.1) is 13.2 Å². The summed E-state index contributed by atoms with van der Waals surface area (Å²) in [5.41, 5.74) is 0.630. The number of rotatable bonds is 5. The number of ether oxygens (including phenoxy) is 2. The number of methoxy groups -OCH3 is 1. The fourth-order valence-electron chi connectivity index (χ4n) is 2.83. The molecular weight excluding hydrogens is 379 g/mol. The lowest BCUT2D eigenvalue weighted by atomic mass is 10.1. The zero-order valence-corrected chi connectivity index (χ0v) is 14.7. The summed E-state index contributed by atoms with van der Waals surface area (Å²) in [5.74, 6) is -2.02. The van der Waals surface area contributed by atoms with Crippen molar-refractivity contribution in [3.8, 4) is 11.6 Å². The van der Waals surface area contributed by atoms with Crippen molar-refractivity contribution >= 4 is 23.2 Å². The molecule has 28 heavy (non-hydrogen) atoms. The first kappa shape index (κ1) is 19.5. The van der Waals surface area contributed by atoms with Crippen molar-refractivity contribution in [3.05, 3.63) is 42.6 Å². The molecule has 7 nitrogen and oxygen atoms in total. The van der Waals surface area contributed by atoms with Gasteiger partial charge in [0.15, 0.2) is 0 Å². The zero-order chi connectivity index (χ0) is 20.3. The van der Waals surface area contributed by atoms with E-state index in [0.717, 1.165) is 12.1 Å². The van der Waals surface area contributed by atoms with E-state index in [-0.39, 0.29) is 18.7 Å². The molecule has 0 saturated carbocycles. The minimum absolute atomic E-state index is 0.202. The van der Waals surface area contributed by atoms with Gasteiger partial charge >= 0.3 is 6.36 Å². The van der Waals surface area contributed by atoms with Crippen molar-refractivity contribution in [2.24, 2.45) is 5.92 Å². The SMILES string of the molecule is COc1ccc(NC(=O)[C@H]2CCN(c3cccc(OC(F)(F)F)c3)C2=O)cn1. The molecule has 0 radical (unpaired) electrons. The number of anilines is 2. The van der Waals surface area contributed by atoms with Crippen LogP contribution in [0, 0.1) is 5.92 Å². The predicted octanol–water partition coefficient (Wildman–Crippen LogP) is 2.98. The standard InChI is InChI=1S/C18H16F3N3O4/c1-27-15-6-5-11(10-22-15)23-16(25)14-7-8-24(17(14)26)12-3-2-4-13(9-12)28-18(19,20)21/h2-6,9-10,14H,7-8H2,1H3,(H,23,25)/t14-/m1/s1. The molecule has 0 spiro atoms. The summed E-state index contributed by atoms with van der Waals surface area (Å²) in [5, 5.41) is 2.60. The molecule has 1 saturated heterocycles. The average Bonchev–Trinajstić information content (AvgIpc) is 3.03. The van der Waals surface area contributed by atoms with Gasteiger partial charge in [0.1, 0.15) is 11.7 Å². The zero-order valence-electron chi connectivity index (χ0n) is 14.7. The number of amides is 2. The van der Waals surface area contributed by atoms with Gasteiger partial charge in [0.05, 0.1) is 19.0 Å². The van der Waals surface area contributed by atoms with Gasteiger partial charge < -0.3 is 19.7 Å². The van der Waals surface area contributed by atoms with Crippen molar-refractivity contribution in [1.82, 2.24) is 4.98 Å². The smallest absolute Gasteiger partial charge is 0.481 e. The number of aromatic nitrogens is 1. The Labute approximate surface area is 158 Å². The Morgan fingerprint density at radius 1 is 1.29 bits per heavy atom. The van der Waals surface area contributed by atoms with Crippen LogP contribution in [0.15, 0.2) is 42.6 Å². The highest BCUT2D eigenvalue weighted by Gasteiger charge is 2.38. The van der Waals surface area contributed by atoms with Crippen molar-refractivity contribution in [3.63, 3.8) is 0 Å². The quantitative estimate of drug-likeness (QED) is 0.788. The van der Waals surface area contributed by atoms with Crippen LogP contribution in [-0.4, -0.2) is 36.8 Å². The molecular formula is C18H16F3N3O4. The van der Waals surface area contributed by atoms with Gasteiger partial charge in [0, 0.05) is 24.4 Å². The molecule has 10 heteroatoms.